The van der Waals surface area contributed by atoms with Crippen LogP contribution in [0.25, 0.3) is 0 Å². The molecule has 0 spiro atoms. The third-order valence-corrected chi connectivity index (χ3v) is 0.779. The molecule has 1 unspecified atom stereocenters. The minimum absolute atomic E-state index is 0.250. The van der Waals surface area contributed by atoms with Crippen molar-refractivity contribution < 1.29 is 45.3 Å². The van der Waals surface area contributed by atoms with Crippen molar-refractivity contribution in [2.75, 3.05) is 19.8 Å². The Labute approximate surface area is 111 Å². The van der Waals surface area contributed by atoms with Crippen LogP contribution in [0.15, 0.2) is 0 Å². The Balaban J connectivity index is -0.0000000821. The molecule has 0 aromatic rings. The topological polar surface area (TPSA) is 176 Å². The van der Waals surface area contributed by atoms with Gasteiger partial charge in [-0.2, -0.15) is 0 Å². The van der Waals surface area contributed by atoms with E-state index in [2.05, 4.69) is 0 Å². The second-order valence-corrected chi connectivity index (χ2v) is 2.87. The smallest absolute Gasteiger partial charge is 0.332 e. The molecule has 9 heteroatoms. The monoisotopic (exact) mass is 288 g/mol. The summed E-state index contributed by atoms with van der Waals surface area (Å²) in [5.41, 5.74) is 0. The molecule has 0 aliphatic carbocycles. The molecule has 0 amide bonds. The highest BCUT2D eigenvalue weighted by Crippen LogP contribution is 1.73. The summed E-state index contributed by atoms with van der Waals surface area (Å²) in [7, 11) is 0. The van der Waals surface area contributed by atoms with Crippen molar-refractivity contribution in [3.63, 3.8) is 0 Å². The van der Waals surface area contributed by atoms with Gasteiger partial charge in [0.15, 0.2) is 0 Å². The molecule has 0 aromatic carbocycles. The van der Waals surface area contributed by atoms with Gasteiger partial charge in [-0.25, -0.2) is 4.79 Å². The molecule has 1 atom stereocenters. The summed E-state index contributed by atoms with van der Waals surface area (Å²) < 4.78 is 0. The van der Waals surface area contributed by atoms with E-state index in [9.17, 15) is 4.79 Å². The molecule has 0 aliphatic heterocycles. The van der Waals surface area contributed by atoms with Gasteiger partial charge in [0.1, 0.15) is 12.2 Å². The van der Waals surface area contributed by atoms with Gasteiger partial charge in [0.25, 0.3) is 5.97 Å². The first-order valence-electron chi connectivity index (χ1n) is 5.21. The van der Waals surface area contributed by atoms with Crippen molar-refractivity contribution in [1.29, 1.82) is 0 Å². The van der Waals surface area contributed by atoms with Gasteiger partial charge < -0.3 is 35.7 Å². The molecule has 0 saturated carbocycles. The van der Waals surface area contributed by atoms with Gasteiger partial charge in [-0.15, -0.1) is 0 Å². The van der Waals surface area contributed by atoms with Crippen molar-refractivity contribution in [3.8, 4) is 0 Å². The van der Waals surface area contributed by atoms with E-state index in [0.29, 0.717) is 0 Å². The SMILES string of the molecule is CC(=O)O.CC(O)C(=O)O.CCO.OCC(O)CO. The molecule has 118 valence electrons. The number of hydrogen-bond acceptors (Lipinski definition) is 7. The lowest BCUT2D eigenvalue weighted by molar-refractivity contribution is -0.145. The molecule has 0 radical (unpaired) electrons. The second-order valence-electron chi connectivity index (χ2n) is 2.87. The predicted molar refractivity (Wildman–Crippen MR) is 65.6 cm³/mol. The number of aliphatic hydroxyl groups excluding tert-OH is 5. The number of carboxylic acid groups (broad SMARTS) is 2. The highest BCUT2D eigenvalue weighted by Gasteiger charge is 2.01. The van der Waals surface area contributed by atoms with Gasteiger partial charge in [0, 0.05) is 13.5 Å². The number of hydrogen-bond donors (Lipinski definition) is 7. The van der Waals surface area contributed by atoms with Gasteiger partial charge >= 0.3 is 5.97 Å². The maximum absolute atomic E-state index is 9.45. The number of aliphatic hydroxyl groups is 5. The molecular weight excluding hydrogens is 264 g/mol. The lowest BCUT2D eigenvalue weighted by Crippen LogP contribution is -2.15. The molecule has 7 N–H and O–H groups in total. The second kappa shape index (κ2) is 22.0. The average molecular weight is 288 g/mol. The average Bonchev–Trinajstić information content (AvgIpc) is 2.29. The lowest BCUT2D eigenvalue weighted by Gasteiger charge is -1.96. The van der Waals surface area contributed by atoms with Crippen LogP contribution in [-0.2, 0) is 9.59 Å². The molecule has 0 aromatic heterocycles. The van der Waals surface area contributed by atoms with E-state index in [1.807, 2.05) is 0 Å². The van der Waals surface area contributed by atoms with E-state index in [1.165, 1.54) is 6.92 Å². The summed E-state index contributed by atoms with van der Waals surface area (Å²) in [5.74, 6) is -2.02. The fourth-order valence-electron chi connectivity index (χ4n) is 0.0577. The van der Waals surface area contributed by atoms with E-state index in [-0.39, 0.29) is 19.8 Å². The van der Waals surface area contributed by atoms with Crippen LogP contribution in [0.3, 0.4) is 0 Å². The predicted octanol–water partition coefficient (Wildman–Crippen LogP) is -2.13. The quantitative estimate of drug-likeness (QED) is 0.306. The highest BCUT2D eigenvalue weighted by atomic mass is 16.4. The van der Waals surface area contributed by atoms with Crippen molar-refractivity contribution in [3.05, 3.63) is 0 Å². The Morgan fingerprint density at radius 3 is 1.16 bits per heavy atom. The first-order valence-corrected chi connectivity index (χ1v) is 5.21. The Hall–Kier alpha value is -1.26. The van der Waals surface area contributed by atoms with Gasteiger partial charge in [0.2, 0.25) is 0 Å². The van der Waals surface area contributed by atoms with Gasteiger partial charge in [-0.1, -0.05) is 0 Å². The van der Waals surface area contributed by atoms with Gasteiger partial charge in [0.05, 0.1) is 13.2 Å². The summed E-state index contributed by atoms with van der Waals surface area (Å²) in [5, 5.41) is 54.8. The van der Waals surface area contributed by atoms with Crippen LogP contribution in [0, 0.1) is 0 Å². The van der Waals surface area contributed by atoms with Crippen LogP contribution in [0.2, 0.25) is 0 Å². The zero-order valence-corrected chi connectivity index (χ0v) is 11.2. The normalized spacial score (nSPS) is 9.74. The van der Waals surface area contributed by atoms with Crippen molar-refractivity contribution in [2.24, 2.45) is 0 Å². The molecule has 0 fully saturated rings. The van der Waals surface area contributed by atoms with Crippen LogP contribution < -0.4 is 0 Å². The standard InChI is InChI=1S/C3H8O3.C3H6O3.C2H4O2.C2H6O/c4-1-3(6)2-5;1-2(4)3(5)6;1-2(3)4;1-2-3/h3-6H,1-2H2;2,4H,1H3,(H,5,6);1H3,(H,3,4);3H,2H2,1H3. The molecule has 0 bridgehead atoms. The van der Waals surface area contributed by atoms with Crippen LogP contribution in [0.5, 0.6) is 0 Å². The summed E-state index contributed by atoms with van der Waals surface area (Å²) in [6, 6.07) is 0. The molecule has 0 aliphatic rings. The number of carboxylic acids is 2. The van der Waals surface area contributed by atoms with Crippen LogP contribution in [0.4, 0.5) is 0 Å². The van der Waals surface area contributed by atoms with E-state index in [4.69, 9.17) is 40.5 Å². The van der Waals surface area contributed by atoms with Crippen molar-refractivity contribution in [2.45, 2.75) is 33.0 Å². The summed E-state index contributed by atoms with van der Waals surface area (Å²) in [6.07, 6.45) is -2.19. The van der Waals surface area contributed by atoms with Crippen LogP contribution in [-0.4, -0.2) is 79.7 Å². The maximum atomic E-state index is 9.45. The Bertz CT molecular complexity index is 185. The fraction of sp³-hybridized carbons (Fsp3) is 0.800. The molecule has 9 nitrogen and oxygen atoms in total. The Morgan fingerprint density at radius 1 is 1.00 bits per heavy atom. The first kappa shape index (κ1) is 26.3. The maximum Gasteiger partial charge on any atom is 0.332 e. The molecular formula is C10H24O9. The van der Waals surface area contributed by atoms with E-state index >= 15 is 0 Å². The van der Waals surface area contributed by atoms with E-state index in [1.54, 1.807) is 6.92 Å². The fourth-order valence-corrected chi connectivity index (χ4v) is 0.0577. The number of carbonyl (C=O) groups is 2. The number of aliphatic carboxylic acids is 2. The van der Waals surface area contributed by atoms with Crippen molar-refractivity contribution >= 4 is 11.9 Å². The third kappa shape index (κ3) is 80.1. The summed E-state index contributed by atoms with van der Waals surface area (Å²) in [4.78, 5) is 18.4. The molecule has 0 rings (SSSR count). The van der Waals surface area contributed by atoms with Crippen LogP contribution >= 0.6 is 0 Å². The minimum Gasteiger partial charge on any atom is -0.481 e. The van der Waals surface area contributed by atoms with Crippen LogP contribution in [0.1, 0.15) is 20.8 Å². The minimum atomic E-state index is -1.23. The number of rotatable bonds is 3. The first-order chi connectivity index (χ1) is 8.60. The van der Waals surface area contributed by atoms with E-state index in [0.717, 1.165) is 6.92 Å². The summed E-state index contributed by atoms with van der Waals surface area (Å²) >= 11 is 0. The molecule has 0 saturated heterocycles. The van der Waals surface area contributed by atoms with Gasteiger partial charge in [-0.3, -0.25) is 4.79 Å². The highest BCUT2D eigenvalue weighted by molar-refractivity contribution is 5.71. The van der Waals surface area contributed by atoms with Crippen molar-refractivity contribution in [1.82, 2.24) is 0 Å². The molecule has 0 heterocycles. The largest absolute Gasteiger partial charge is 0.481 e. The lowest BCUT2D eigenvalue weighted by atomic mass is 10.4. The Kier molecular flexibility index (Phi) is 30.4. The zero-order valence-electron chi connectivity index (χ0n) is 11.2. The third-order valence-electron chi connectivity index (χ3n) is 0.779. The molecule has 19 heavy (non-hydrogen) atoms. The summed E-state index contributed by atoms with van der Waals surface area (Å²) in [6.45, 7) is 3.48. The van der Waals surface area contributed by atoms with E-state index < -0.39 is 24.1 Å². The Morgan fingerprint density at radius 2 is 1.16 bits per heavy atom. The zero-order chi connectivity index (χ0) is 16.4. The van der Waals surface area contributed by atoms with Gasteiger partial charge in [-0.05, 0) is 13.8 Å².